The van der Waals surface area contributed by atoms with Gasteiger partial charge in [0.2, 0.25) is 11.7 Å². The lowest BCUT2D eigenvalue weighted by molar-refractivity contribution is -0.140. The molecule has 1 atom stereocenters. The van der Waals surface area contributed by atoms with Gasteiger partial charge in [-0.2, -0.15) is 22.0 Å². The molecule has 0 aromatic carbocycles. The highest BCUT2D eigenvalue weighted by molar-refractivity contribution is 8.02. The first-order chi connectivity index (χ1) is 8.05. The molecule has 0 unspecified atom stereocenters. The third-order valence-corrected chi connectivity index (χ3v) is 2.41. The maximum Gasteiger partial charge on any atom is 0.446 e. The number of amides is 1. The van der Waals surface area contributed by atoms with Crippen LogP contribution < -0.4 is 5.32 Å². The zero-order chi connectivity index (χ0) is 14.5. The van der Waals surface area contributed by atoms with Gasteiger partial charge in [0.25, 0.3) is 0 Å². The number of carbonyl (C=O) groups is 2. The lowest BCUT2D eigenvalue weighted by atomic mass is 10.3. The molecule has 0 aliphatic heterocycles. The van der Waals surface area contributed by atoms with Crippen molar-refractivity contribution in [3.8, 4) is 0 Å². The third-order valence-electron chi connectivity index (χ3n) is 1.47. The Balaban J connectivity index is 4.63. The van der Waals surface area contributed by atoms with Gasteiger partial charge in [-0.25, -0.2) is 4.79 Å². The Morgan fingerprint density at radius 3 is 2.17 bits per heavy atom. The molecule has 0 rings (SSSR count). The van der Waals surface area contributed by atoms with E-state index in [-0.39, 0.29) is 11.8 Å². The smallest absolute Gasteiger partial charge is 0.446 e. The number of alkyl halides is 3. The predicted octanol–water partition coefficient (Wildman–Crippen LogP) is 1.98. The van der Waals surface area contributed by atoms with Crippen LogP contribution >= 0.6 is 11.8 Å². The summed E-state index contributed by atoms with van der Waals surface area (Å²) in [6, 6.07) is -1.61. The summed E-state index contributed by atoms with van der Waals surface area (Å²) in [7, 11) is 0. The molecule has 0 fully saturated rings. The van der Waals surface area contributed by atoms with Crippen molar-refractivity contribution < 1.29 is 36.6 Å². The number of rotatable bonds is 5. The number of carboxylic acids is 1. The van der Waals surface area contributed by atoms with Gasteiger partial charge >= 0.3 is 12.1 Å². The molecule has 4 nitrogen and oxygen atoms in total. The van der Waals surface area contributed by atoms with Gasteiger partial charge in [0.05, 0.1) is 0 Å². The highest BCUT2D eigenvalue weighted by Gasteiger charge is 2.38. The van der Waals surface area contributed by atoms with E-state index in [1.807, 2.05) is 5.32 Å². The van der Waals surface area contributed by atoms with Gasteiger partial charge in [0.1, 0.15) is 6.04 Å². The normalized spacial score (nSPS) is 14.8. The second-order valence-electron chi connectivity index (χ2n) is 2.99. The fourth-order valence-electron chi connectivity index (χ4n) is 0.751. The molecule has 0 radical (unpaired) electrons. The molecule has 0 saturated carbocycles. The van der Waals surface area contributed by atoms with Crippen molar-refractivity contribution in [2.24, 2.45) is 0 Å². The van der Waals surface area contributed by atoms with Crippen LogP contribution in [0.5, 0.6) is 0 Å². The Bertz CT molecular complexity index is 368. The number of carboxylic acid groups (broad SMARTS) is 1. The Labute approximate surface area is 102 Å². The summed E-state index contributed by atoms with van der Waals surface area (Å²) in [6.45, 7) is 0.975. The molecule has 0 bridgehead atoms. The van der Waals surface area contributed by atoms with E-state index < -0.39 is 40.8 Å². The summed E-state index contributed by atoms with van der Waals surface area (Å²) in [4.78, 5) is 21.1. The first-order valence-corrected chi connectivity index (χ1v) is 5.29. The molecular formula is C8H8F5NO3S. The number of allylic oxidation sites excluding steroid dienone is 1. The van der Waals surface area contributed by atoms with E-state index in [1.54, 1.807) is 0 Å². The molecule has 0 aliphatic rings. The molecule has 18 heavy (non-hydrogen) atoms. The summed E-state index contributed by atoms with van der Waals surface area (Å²) >= 11 is -0.288. The number of carbonyl (C=O) groups excluding carboxylic acids is 1. The average Bonchev–Trinajstić information content (AvgIpc) is 2.20. The van der Waals surface area contributed by atoms with Crippen LogP contribution in [-0.2, 0) is 9.59 Å². The summed E-state index contributed by atoms with van der Waals surface area (Å²) in [6.07, 6.45) is -5.47. The van der Waals surface area contributed by atoms with Gasteiger partial charge in [0, 0.05) is 12.7 Å². The highest BCUT2D eigenvalue weighted by atomic mass is 32.2. The van der Waals surface area contributed by atoms with Gasteiger partial charge in [0.15, 0.2) is 5.16 Å². The van der Waals surface area contributed by atoms with Crippen molar-refractivity contribution in [2.45, 2.75) is 19.1 Å². The second-order valence-corrected chi connectivity index (χ2v) is 3.97. The largest absolute Gasteiger partial charge is 0.480 e. The SMILES string of the molecule is CC(=O)N[C@@H](CS/C(F)=C(/F)C(F)(F)F)C(=O)O. The highest BCUT2D eigenvalue weighted by Crippen LogP contribution is 2.34. The Kier molecular flexibility index (Phi) is 6.09. The fourth-order valence-corrected chi connectivity index (χ4v) is 1.53. The number of hydrogen-bond acceptors (Lipinski definition) is 3. The number of aliphatic carboxylic acids is 1. The second kappa shape index (κ2) is 6.57. The van der Waals surface area contributed by atoms with E-state index in [0.717, 1.165) is 6.92 Å². The topological polar surface area (TPSA) is 66.4 Å². The molecule has 0 aliphatic carbocycles. The van der Waals surface area contributed by atoms with Crippen molar-refractivity contribution in [3.05, 3.63) is 11.0 Å². The minimum Gasteiger partial charge on any atom is -0.480 e. The summed E-state index contributed by atoms with van der Waals surface area (Å²) < 4.78 is 60.2. The van der Waals surface area contributed by atoms with Crippen molar-refractivity contribution >= 4 is 23.6 Å². The van der Waals surface area contributed by atoms with E-state index in [4.69, 9.17) is 5.11 Å². The van der Waals surface area contributed by atoms with E-state index in [0.29, 0.717) is 0 Å². The van der Waals surface area contributed by atoms with Crippen LogP contribution in [0.15, 0.2) is 11.0 Å². The van der Waals surface area contributed by atoms with E-state index >= 15 is 0 Å². The van der Waals surface area contributed by atoms with Gasteiger partial charge in [-0.3, -0.25) is 4.79 Å². The van der Waals surface area contributed by atoms with Crippen LogP contribution in [0.4, 0.5) is 22.0 Å². The summed E-state index contributed by atoms with van der Waals surface area (Å²) in [5, 5.41) is 8.23. The lowest BCUT2D eigenvalue weighted by Gasteiger charge is -2.12. The van der Waals surface area contributed by atoms with E-state index in [2.05, 4.69) is 0 Å². The molecule has 0 aromatic rings. The number of hydrogen-bond donors (Lipinski definition) is 2. The van der Waals surface area contributed by atoms with Crippen molar-refractivity contribution in [3.63, 3.8) is 0 Å². The zero-order valence-corrected chi connectivity index (χ0v) is 9.66. The van der Waals surface area contributed by atoms with Crippen LogP contribution in [0.2, 0.25) is 0 Å². The minimum absolute atomic E-state index is 0.288. The molecule has 0 spiro atoms. The van der Waals surface area contributed by atoms with E-state index in [9.17, 15) is 31.5 Å². The summed E-state index contributed by atoms with van der Waals surface area (Å²) in [5.41, 5.74) is 0. The summed E-state index contributed by atoms with van der Waals surface area (Å²) in [5.74, 6) is -6.04. The molecule has 10 heteroatoms. The maximum atomic E-state index is 12.7. The van der Waals surface area contributed by atoms with Crippen LogP contribution in [-0.4, -0.2) is 35.0 Å². The number of nitrogens with one attached hydrogen (secondary N) is 1. The minimum atomic E-state index is -5.47. The van der Waals surface area contributed by atoms with Gasteiger partial charge in [-0.15, -0.1) is 0 Å². The molecule has 0 saturated heterocycles. The molecule has 1 amide bonds. The van der Waals surface area contributed by atoms with E-state index in [1.165, 1.54) is 0 Å². The molecule has 0 heterocycles. The van der Waals surface area contributed by atoms with Crippen LogP contribution in [0, 0.1) is 0 Å². The molecule has 104 valence electrons. The fraction of sp³-hybridized carbons (Fsp3) is 0.500. The van der Waals surface area contributed by atoms with Crippen molar-refractivity contribution in [2.75, 3.05) is 5.75 Å². The lowest BCUT2D eigenvalue weighted by Crippen LogP contribution is -2.41. The van der Waals surface area contributed by atoms with Crippen molar-refractivity contribution in [1.82, 2.24) is 5.32 Å². The molecule has 0 aromatic heterocycles. The van der Waals surface area contributed by atoms with Gasteiger partial charge in [-0.05, 0) is 0 Å². The standard InChI is InChI=1S/C8H8F5NO3S/c1-3(15)14-4(7(16)17)2-18-6(10)5(9)8(11,12)13/h4H,2H2,1H3,(H,14,15)(H,16,17)/b6-5+/t4-/m0/s1. The monoisotopic (exact) mass is 293 g/mol. The maximum absolute atomic E-state index is 12.7. The first kappa shape index (κ1) is 16.7. The Morgan fingerprint density at radius 1 is 1.33 bits per heavy atom. The first-order valence-electron chi connectivity index (χ1n) is 4.31. The zero-order valence-electron chi connectivity index (χ0n) is 8.85. The Morgan fingerprint density at radius 2 is 1.83 bits per heavy atom. The predicted molar refractivity (Wildman–Crippen MR) is 53.0 cm³/mol. The Hall–Kier alpha value is -1.32. The average molecular weight is 293 g/mol. The third kappa shape index (κ3) is 5.84. The van der Waals surface area contributed by atoms with Crippen LogP contribution in [0.25, 0.3) is 0 Å². The number of thioether (sulfide) groups is 1. The van der Waals surface area contributed by atoms with Gasteiger partial charge < -0.3 is 10.4 Å². The van der Waals surface area contributed by atoms with Crippen LogP contribution in [0.1, 0.15) is 6.92 Å². The van der Waals surface area contributed by atoms with Crippen molar-refractivity contribution in [1.29, 1.82) is 0 Å². The van der Waals surface area contributed by atoms with Gasteiger partial charge in [-0.1, -0.05) is 11.8 Å². The van der Waals surface area contributed by atoms with Crippen LogP contribution in [0.3, 0.4) is 0 Å². The number of halogens is 5. The quantitative estimate of drug-likeness (QED) is 0.761. The molecular weight excluding hydrogens is 285 g/mol. The molecule has 2 N–H and O–H groups in total.